The molecule has 1 N–H and O–H groups in total. The fourth-order valence-electron chi connectivity index (χ4n) is 1.75. The van der Waals surface area contributed by atoms with E-state index in [0.29, 0.717) is 5.56 Å². The number of nitro groups is 1. The van der Waals surface area contributed by atoms with E-state index in [-0.39, 0.29) is 11.3 Å². The summed E-state index contributed by atoms with van der Waals surface area (Å²) in [6.07, 6.45) is 2.57. The van der Waals surface area contributed by atoms with Gasteiger partial charge in [-0.05, 0) is 24.3 Å². The SMILES string of the molecule is O=C(C=Cc1cccc(O)c1[N+](=O)[O-])c1ccccc1. The van der Waals surface area contributed by atoms with Crippen LogP contribution in [0.4, 0.5) is 5.69 Å². The van der Waals surface area contributed by atoms with Crippen molar-refractivity contribution in [3.8, 4) is 5.75 Å². The Hall–Kier alpha value is -2.95. The van der Waals surface area contributed by atoms with E-state index in [4.69, 9.17) is 0 Å². The van der Waals surface area contributed by atoms with E-state index in [2.05, 4.69) is 0 Å². The van der Waals surface area contributed by atoms with E-state index in [0.717, 1.165) is 0 Å². The van der Waals surface area contributed by atoms with Gasteiger partial charge in [0.1, 0.15) is 0 Å². The van der Waals surface area contributed by atoms with Crippen molar-refractivity contribution in [2.45, 2.75) is 0 Å². The van der Waals surface area contributed by atoms with Crippen molar-refractivity contribution in [2.24, 2.45) is 0 Å². The largest absolute Gasteiger partial charge is 0.502 e. The summed E-state index contributed by atoms with van der Waals surface area (Å²) in [4.78, 5) is 22.1. The van der Waals surface area contributed by atoms with Gasteiger partial charge in [0.2, 0.25) is 0 Å². The average molecular weight is 269 g/mol. The second kappa shape index (κ2) is 5.79. The molecule has 0 saturated heterocycles. The van der Waals surface area contributed by atoms with Crippen LogP contribution < -0.4 is 0 Å². The van der Waals surface area contributed by atoms with Crippen molar-refractivity contribution < 1.29 is 14.8 Å². The zero-order valence-electron chi connectivity index (χ0n) is 10.4. The lowest BCUT2D eigenvalue weighted by Crippen LogP contribution is -1.95. The van der Waals surface area contributed by atoms with Crippen molar-refractivity contribution >= 4 is 17.5 Å². The van der Waals surface area contributed by atoms with Gasteiger partial charge in [-0.2, -0.15) is 0 Å². The molecule has 0 bridgehead atoms. The number of carbonyl (C=O) groups is 1. The van der Waals surface area contributed by atoms with E-state index < -0.39 is 16.4 Å². The van der Waals surface area contributed by atoms with Gasteiger partial charge in [0.05, 0.1) is 10.5 Å². The monoisotopic (exact) mass is 269 g/mol. The Kier molecular flexibility index (Phi) is 3.91. The molecule has 0 amide bonds. The number of rotatable bonds is 4. The predicted molar refractivity (Wildman–Crippen MR) is 74.6 cm³/mol. The van der Waals surface area contributed by atoms with Crippen molar-refractivity contribution in [1.82, 2.24) is 0 Å². The maximum Gasteiger partial charge on any atom is 0.317 e. The lowest BCUT2D eigenvalue weighted by Gasteiger charge is -1.99. The molecule has 0 aliphatic rings. The first-order valence-corrected chi connectivity index (χ1v) is 5.83. The van der Waals surface area contributed by atoms with Gasteiger partial charge in [-0.15, -0.1) is 0 Å². The van der Waals surface area contributed by atoms with Gasteiger partial charge in [0.15, 0.2) is 11.5 Å². The van der Waals surface area contributed by atoms with Crippen molar-refractivity contribution in [3.05, 3.63) is 75.8 Å². The third-order valence-corrected chi connectivity index (χ3v) is 2.70. The van der Waals surface area contributed by atoms with Crippen LogP contribution in [0.25, 0.3) is 6.08 Å². The third kappa shape index (κ3) is 2.89. The summed E-state index contributed by atoms with van der Waals surface area (Å²) >= 11 is 0. The Bertz CT molecular complexity index is 678. The molecule has 2 aromatic carbocycles. The van der Waals surface area contributed by atoms with Crippen LogP contribution >= 0.6 is 0 Å². The number of nitrogens with zero attached hydrogens (tertiary/aromatic N) is 1. The maximum absolute atomic E-state index is 11.9. The number of carbonyl (C=O) groups excluding carboxylic acids is 1. The quantitative estimate of drug-likeness (QED) is 0.400. The molecule has 0 aliphatic heterocycles. The van der Waals surface area contributed by atoms with Crippen LogP contribution in [0.15, 0.2) is 54.6 Å². The summed E-state index contributed by atoms with van der Waals surface area (Å²) in [7, 11) is 0. The van der Waals surface area contributed by atoms with E-state index in [9.17, 15) is 20.0 Å². The number of hydrogen-bond acceptors (Lipinski definition) is 4. The molecule has 100 valence electrons. The number of aromatic hydroxyl groups is 1. The summed E-state index contributed by atoms with van der Waals surface area (Å²) in [5, 5.41) is 20.4. The molecule has 5 nitrogen and oxygen atoms in total. The lowest BCUT2D eigenvalue weighted by atomic mass is 10.1. The van der Waals surface area contributed by atoms with E-state index in [1.54, 1.807) is 30.3 Å². The minimum absolute atomic E-state index is 0.180. The minimum atomic E-state index is -0.679. The predicted octanol–water partition coefficient (Wildman–Crippen LogP) is 3.20. The molecule has 20 heavy (non-hydrogen) atoms. The number of ketones is 1. The van der Waals surface area contributed by atoms with Crippen LogP contribution in [-0.2, 0) is 0 Å². The van der Waals surface area contributed by atoms with Crippen molar-refractivity contribution in [1.29, 1.82) is 0 Å². The van der Waals surface area contributed by atoms with Gasteiger partial charge in [0, 0.05) is 5.56 Å². The van der Waals surface area contributed by atoms with Gasteiger partial charge < -0.3 is 5.11 Å². The Morgan fingerprint density at radius 1 is 1.10 bits per heavy atom. The highest BCUT2D eigenvalue weighted by Crippen LogP contribution is 2.30. The molecular formula is C15H11NO4. The molecular weight excluding hydrogens is 258 g/mol. The second-order valence-electron chi connectivity index (χ2n) is 4.04. The number of phenols is 1. The molecule has 0 unspecified atom stereocenters. The molecule has 0 aromatic heterocycles. The van der Waals surface area contributed by atoms with Crippen LogP contribution in [0, 0.1) is 10.1 Å². The zero-order valence-corrected chi connectivity index (χ0v) is 10.4. The number of para-hydroxylation sites is 1. The first-order valence-electron chi connectivity index (χ1n) is 5.83. The fourth-order valence-corrected chi connectivity index (χ4v) is 1.75. The molecule has 2 aromatic rings. The van der Waals surface area contributed by atoms with Gasteiger partial charge in [0.25, 0.3) is 0 Å². The van der Waals surface area contributed by atoms with Crippen molar-refractivity contribution in [3.63, 3.8) is 0 Å². The Labute approximate surface area is 115 Å². The Morgan fingerprint density at radius 2 is 1.80 bits per heavy atom. The summed E-state index contributed by atoms with van der Waals surface area (Å²) in [5.74, 6) is -0.687. The van der Waals surface area contributed by atoms with Gasteiger partial charge in [-0.25, -0.2) is 0 Å². The number of allylic oxidation sites excluding steroid dienone is 1. The smallest absolute Gasteiger partial charge is 0.317 e. The highest BCUT2D eigenvalue weighted by Gasteiger charge is 2.17. The number of phenolic OH excluding ortho intramolecular Hbond substituents is 1. The van der Waals surface area contributed by atoms with E-state index in [1.165, 1.54) is 30.4 Å². The standard InChI is InChI=1S/C15H11NO4/c17-13(11-5-2-1-3-6-11)10-9-12-7-4-8-14(18)15(12)16(19)20/h1-10,18H. The fraction of sp³-hybridized carbons (Fsp3) is 0. The average Bonchev–Trinajstić information content (AvgIpc) is 2.45. The first kappa shape index (κ1) is 13.5. The molecule has 0 atom stereocenters. The summed E-state index contributed by atoms with van der Waals surface area (Å²) in [6, 6.07) is 12.7. The Balaban J connectivity index is 2.31. The normalized spacial score (nSPS) is 10.6. The van der Waals surface area contributed by atoms with Gasteiger partial charge in [-0.1, -0.05) is 36.4 Å². The number of nitro benzene ring substituents is 1. The summed E-state index contributed by atoms with van der Waals surface area (Å²) in [5.41, 5.74) is 0.260. The van der Waals surface area contributed by atoms with Crippen LogP contribution in [0.5, 0.6) is 5.75 Å². The Morgan fingerprint density at radius 3 is 2.45 bits per heavy atom. The zero-order chi connectivity index (χ0) is 14.5. The maximum atomic E-state index is 11.9. The molecule has 0 aliphatic carbocycles. The van der Waals surface area contributed by atoms with Crippen molar-refractivity contribution in [2.75, 3.05) is 0 Å². The molecule has 2 rings (SSSR count). The number of hydrogen-bond donors (Lipinski definition) is 1. The molecule has 0 heterocycles. The highest BCUT2D eigenvalue weighted by atomic mass is 16.6. The minimum Gasteiger partial charge on any atom is -0.502 e. The third-order valence-electron chi connectivity index (χ3n) is 2.70. The van der Waals surface area contributed by atoms with Gasteiger partial charge >= 0.3 is 5.69 Å². The summed E-state index contributed by atoms with van der Waals surface area (Å²) < 4.78 is 0. The lowest BCUT2D eigenvalue weighted by molar-refractivity contribution is -0.386. The van der Waals surface area contributed by atoms with Gasteiger partial charge in [-0.3, -0.25) is 14.9 Å². The second-order valence-corrected chi connectivity index (χ2v) is 4.04. The molecule has 0 fully saturated rings. The van der Waals surface area contributed by atoms with Crippen LogP contribution in [0.1, 0.15) is 15.9 Å². The molecule has 0 saturated carbocycles. The molecule has 5 heteroatoms. The van der Waals surface area contributed by atoms with Crippen LogP contribution in [0.3, 0.4) is 0 Å². The summed E-state index contributed by atoms with van der Waals surface area (Å²) in [6.45, 7) is 0. The first-order chi connectivity index (χ1) is 9.59. The molecule has 0 radical (unpaired) electrons. The topological polar surface area (TPSA) is 80.4 Å². The van der Waals surface area contributed by atoms with Crippen LogP contribution in [0.2, 0.25) is 0 Å². The number of benzene rings is 2. The molecule has 0 spiro atoms. The van der Waals surface area contributed by atoms with Crippen LogP contribution in [-0.4, -0.2) is 15.8 Å². The van der Waals surface area contributed by atoms with E-state index in [1.807, 2.05) is 0 Å². The van der Waals surface area contributed by atoms with E-state index >= 15 is 0 Å². The highest BCUT2D eigenvalue weighted by molar-refractivity contribution is 6.07.